The van der Waals surface area contributed by atoms with E-state index in [0.717, 1.165) is 50.3 Å². The van der Waals surface area contributed by atoms with E-state index in [9.17, 15) is 4.79 Å². The van der Waals surface area contributed by atoms with Gasteiger partial charge in [0.15, 0.2) is 0 Å². The molecule has 0 aromatic heterocycles. The average molecular weight is 396 g/mol. The Morgan fingerprint density at radius 3 is 2.34 bits per heavy atom. The molecule has 0 saturated carbocycles. The quantitative estimate of drug-likeness (QED) is 0.692. The Morgan fingerprint density at radius 1 is 1.10 bits per heavy atom. The van der Waals surface area contributed by atoms with E-state index < -0.39 is 0 Å². The van der Waals surface area contributed by atoms with Crippen LogP contribution in [0.3, 0.4) is 0 Å². The van der Waals surface area contributed by atoms with Gasteiger partial charge in [0.2, 0.25) is 5.91 Å². The van der Waals surface area contributed by atoms with Crippen molar-refractivity contribution in [3.05, 3.63) is 60.2 Å². The lowest BCUT2D eigenvalue weighted by molar-refractivity contribution is -0.120. The van der Waals surface area contributed by atoms with Crippen LogP contribution in [0.5, 0.6) is 0 Å². The molecule has 156 valence electrons. The molecule has 2 N–H and O–H groups in total. The average Bonchev–Trinajstić information content (AvgIpc) is 2.75. The predicted octanol–water partition coefficient (Wildman–Crippen LogP) is 3.74. The topological polar surface area (TPSA) is 58.8 Å². The van der Waals surface area contributed by atoms with Crippen LogP contribution in [0.25, 0.3) is 0 Å². The number of carbonyl (C=O) groups is 1. The van der Waals surface area contributed by atoms with Crippen LogP contribution in [0.1, 0.15) is 31.7 Å². The molecule has 0 aliphatic carbocycles. The van der Waals surface area contributed by atoms with E-state index in [1.165, 1.54) is 5.56 Å². The van der Waals surface area contributed by atoms with Gasteiger partial charge in [0.25, 0.3) is 0 Å². The molecule has 1 saturated heterocycles. The molecule has 0 unspecified atom stereocenters. The van der Waals surface area contributed by atoms with Gasteiger partial charge in [-0.3, -0.25) is 4.79 Å². The first-order valence-corrected chi connectivity index (χ1v) is 10.5. The maximum atomic E-state index is 13.0. The number of methoxy groups -OCH3 is 1. The van der Waals surface area contributed by atoms with Gasteiger partial charge in [0, 0.05) is 44.5 Å². The Bertz CT molecular complexity index is 768. The van der Waals surface area contributed by atoms with Gasteiger partial charge in [-0.1, -0.05) is 37.3 Å². The van der Waals surface area contributed by atoms with Gasteiger partial charge in [-0.05, 0) is 49.1 Å². The number of ether oxygens (including phenoxy) is 1. The number of hydrogen-bond acceptors (Lipinski definition) is 4. The van der Waals surface area contributed by atoms with Crippen LogP contribution >= 0.6 is 0 Å². The third kappa shape index (κ3) is 5.17. The summed E-state index contributed by atoms with van der Waals surface area (Å²) in [5, 5.41) is 0. The highest BCUT2D eigenvalue weighted by atomic mass is 16.5. The third-order valence-corrected chi connectivity index (χ3v) is 5.94. The number of para-hydroxylation sites is 1. The number of nitrogens with zero attached hydrogens (tertiary/aromatic N) is 2. The fourth-order valence-corrected chi connectivity index (χ4v) is 4.28. The highest BCUT2D eigenvalue weighted by Crippen LogP contribution is 2.34. The highest BCUT2D eigenvalue weighted by Gasteiger charge is 2.42. The van der Waals surface area contributed by atoms with Crippen molar-refractivity contribution >= 4 is 17.3 Å². The number of rotatable bonds is 8. The van der Waals surface area contributed by atoms with Crippen molar-refractivity contribution in [1.82, 2.24) is 4.90 Å². The number of anilines is 2. The maximum Gasteiger partial charge on any atom is 0.227 e. The first-order chi connectivity index (χ1) is 14.1. The summed E-state index contributed by atoms with van der Waals surface area (Å²) in [6.07, 6.45) is 3.31. The molecule has 1 aliphatic rings. The van der Waals surface area contributed by atoms with Crippen LogP contribution in [0.15, 0.2) is 54.6 Å². The van der Waals surface area contributed by atoms with Crippen LogP contribution in [-0.2, 0) is 16.0 Å². The standard InChI is InChI=1S/C24H33N3O2/c1-3-23(28)27(22-7-5-4-6-8-22)24(19-29-2)14-17-26(18-15-24)16-13-20-9-11-21(25)12-10-20/h4-12H,3,13-19,25H2,1-2H3. The van der Waals surface area contributed by atoms with Crippen molar-refractivity contribution < 1.29 is 9.53 Å². The summed E-state index contributed by atoms with van der Waals surface area (Å²) in [4.78, 5) is 17.5. The number of nitrogens with two attached hydrogens (primary N) is 1. The lowest BCUT2D eigenvalue weighted by Crippen LogP contribution is -2.60. The van der Waals surface area contributed by atoms with E-state index in [1.807, 2.05) is 54.3 Å². The van der Waals surface area contributed by atoms with Gasteiger partial charge in [0.05, 0.1) is 12.1 Å². The van der Waals surface area contributed by atoms with Crippen LogP contribution in [-0.4, -0.2) is 49.7 Å². The molecule has 0 spiro atoms. The summed E-state index contributed by atoms with van der Waals surface area (Å²) in [6, 6.07) is 18.2. The number of piperidine rings is 1. The first-order valence-electron chi connectivity index (χ1n) is 10.5. The van der Waals surface area contributed by atoms with E-state index in [-0.39, 0.29) is 11.4 Å². The molecule has 1 fully saturated rings. The summed E-state index contributed by atoms with van der Waals surface area (Å²) in [6.45, 7) is 5.41. The summed E-state index contributed by atoms with van der Waals surface area (Å²) < 4.78 is 5.63. The Labute approximate surface area is 174 Å². The number of benzene rings is 2. The van der Waals surface area contributed by atoms with Crippen molar-refractivity contribution in [2.45, 2.75) is 38.1 Å². The van der Waals surface area contributed by atoms with Gasteiger partial charge in [-0.2, -0.15) is 0 Å². The molecule has 1 aliphatic heterocycles. The van der Waals surface area contributed by atoms with E-state index in [0.29, 0.717) is 13.0 Å². The molecular weight excluding hydrogens is 362 g/mol. The SMILES string of the molecule is CCC(=O)N(c1ccccc1)C1(COC)CCN(CCc2ccc(N)cc2)CC1. The minimum Gasteiger partial charge on any atom is -0.399 e. The molecular formula is C24H33N3O2. The number of carbonyl (C=O) groups excluding carboxylic acids is 1. The van der Waals surface area contributed by atoms with E-state index >= 15 is 0 Å². The van der Waals surface area contributed by atoms with E-state index in [1.54, 1.807) is 7.11 Å². The van der Waals surface area contributed by atoms with Crippen LogP contribution in [0, 0.1) is 0 Å². The van der Waals surface area contributed by atoms with Gasteiger partial charge >= 0.3 is 0 Å². The fraction of sp³-hybridized carbons (Fsp3) is 0.458. The molecule has 29 heavy (non-hydrogen) atoms. The monoisotopic (exact) mass is 395 g/mol. The maximum absolute atomic E-state index is 13.0. The van der Waals surface area contributed by atoms with Gasteiger partial charge in [0.1, 0.15) is 0 Å². The van der Waals surface area contributed by atoms with Crippen molar-refractivity contribution in [3.63, 3.8) is 0 Å². The van der Waals surface area contributed by atoms with Crippen LogP contribution in [0.2, 0.25) is 0 Å². The second-order valence-electron chi connectivity index (χ2n) is 7.91. The number of amides is 1. The van der Waals surface area contributed by atoms with Crippen molar-refractivity contribution in [2.75, 3.05) is 44.0 Å². The summed E-state index contributed by atoms with van der Waals surface area (Å²) in [5.41, 5.74) is 8.56. The Balaban J connectivity index is 1.70. The molecule has 0 atom stereocenters. The van der Waals surface area contributed by atoms with Crippen molar-refractivity contribution in [3.8, 4) is 0 Å². The minimum absolute atomic E-state index is 0.156. The molecule has 3 rings (SSSR count). The number of hydrogen-bond donors (Lipinski definition) is 1. The fourth-order valence-electron chi connectivity index (χ4n) is 4.28. The van der Waals surface area contributed by atoms with Gasteiger partial charge in [-0.25, -0.2) is 0 Å². The molecule has 2 aromatic rings. The molecule has 1 heterocycles. The lowest BCUT2D eigenvalue weighted by atomic mass is 9.85. The molecule has 2 aromatic carbocycles. The molecule has 1 amide bonds. The zero-order valence-electron chi connectivity index (χ0n) is 17.6. The summed E-state index contributed by atoms with van der Waals surface area (Å²) in [5.74, 6) is 0.156. The van der Waals surface area contributed by atoms with E-state index in [2.05, 4.69) is 17.0 Å². The smallest absolute Gasteiger partial charge is 0.227 e. The normalized spacial score (nSPS) is 16.5. The summed E-state index contributed by atoms with van der Waals surface area (Å²) >= 11 is 0. The molecule has 0 radical (unpaired) electrons. The zero-order valence-corrected chi connectivity index (χ0v) is 17.6. The molecule has 0 bridgehead atoms. The second-order valence-corrected chi connectivity index (χ2v) is 7.91. The Hall–Kier alpha value is -2.37. The minimum atomic E-state index is -0.291. The Morgan fingerprint density at radius 2 is 1.76 bits per heavy atom. The van der Waals surface area contributed by atoms with Gasteiger partial charge in [-0.15, -0.1) is 0 Å². The first kappa shape index (κ1) is 21.3. The highest BCUT2D eigenvalue weighted by molar-refractivity contribution is 5.94. The van der Waals surface area contributed by atoms with Crippen molar-refractivity contribution in [1.29, 1.82) is 0 Å². The predicted molar refractivity (Wildman–Crippen MR) is 119 cm³/mol. The third-order valence-electron chi connectivity index (χ3n) is 5.94. The van der Waals surface area contributed by atoms with E-state index in [4.69, 9.17) is 10.5 Å². The largest absolute Gasteiger partial charge is 0.399 e. The lowest BCUT2D eigenvalue weighted by Gasteiger charge is -2.48. The molecule has 5 nitrogen and oxygen atoms in total. The van der Waals surface area contributed by atoms with Crippen LogP contribution < -0.4 is 10.6 Å². The second kappa shape index (κ2) is 9.90. The van der Waals surface area contributed by atoms with Crippen molar-refractivity contribution in [2.24, 2.45) is 0 Å². The molecule has 5 heteroatoms. The Kier molecular flexibility index (Phi) is 7.29. The van der Waals surface area contributed by atoms with Gasteiger partial charge < -0.3 is 20.3 Å². The number of nitrogen functional groups attached to an aromatic ring is 1. The number of likely N-dealkylation sites (tertiary alicyclic amines) is 1. The van der Waals surface area contributed by atoms with Crippen LogP contribution in [0.4, 0.5) is 11.4 Å². The summed E-state index contributed by atoms with van der Waals surface area (Å²) in [7, 11) is 1.73. The zero-order chi connectivity index (χ0) is 20.7.